The summed E-state index contributed by atoms with van der Waals surface area (Å²) in [5.41, 5.74) is 14.2. The van der Waals surface area contributed by atoms with Gasteiger partial charge in [-0.2, -0.15) is 15.0 Å². The van der Waals surface area contributed by atoms with E-state index in [2.05, 4.69) is 19.6 Å². The average Bonchev–Trinajstić information content (AvgIpc) is 2.40. The summed E-state index contributed by atoms with van der Waals surface area (Å²) in [5.74, 6) is 0.125. The van der Waals surface area contributed by atoms with Crippen molar-refractivity contribution in [1.82, 2.24) is 15.0 Å². The van der Waals surface area contributed by atoms with Crippen molar-refractivity contribution >= 4 is 25.2 Å². The fourth-order valence-electron chi connectivity index (χ4n) is 0.965. The van der Waals surface area contributed by atoms with Crippen molar-refractivity contribution < 1.29 is 30.0 Å². The Labute approximate surface area is 120 Å². The fourth-order valence-corrected chi connectivity index (χ4v) is 0.965. The van der Waals surface area contributed by atoms with E-state index in [0.717, 1.165) is 0 Å². The van der Waals surface area contributed by atoms with Crippen molar-refractivity contribution in [1.29, 1.82) is 0 Å². The summed E-state index contributed by atoms with van der Waals surface area (Å²) in [5, 5.41) is 42.8. The number of rotatable bonds is 6. The van der Waals surface area contributed by atoms with Crippen LogP contribution in [0.3, 0.4) is 0 Å². The Morgan fingerprint density at radius 1 is 0.857 bits per heavy atom. The number of hydrogen-bond donors (Lipinski definition) is 8. The molecular formula is C8H19BN6O6. The van der Waals surface area contributed by atoms with E-state index in [9.17, 15) is 0 Å². The minimum Gasteiger partial charge on any atom is -0.402 e. The number of aliphatic hydroxyl groups excluding tert-OH is 3. The van der Waals surface area contributed by atoms with Crippen molar-refractivity contribution in [2.24, 2.45) is 5.41 Å². The van der Waals surface area contributed by atoms with Crippen LogP contribution in [0.25, 0.3) is 0 Å². The Hall–Kier alpha value is -1.77. The van der Waals surface area contributed by atoms with Gasteiger partial charge in [-0.25, -0.2) is 0 Å². The highest BCUT2D eigenvalue weighted by Gasteiger charge is 2.30. The van der Waals surface area contributed by atoms with Crippen LogP contribution in [-0.2, 0) is 4.65 Å². The Bertz CT molecular complexity index is 362. The Morgan fingerprint density at radius 3 is 1.43 bits per heavy atom. The predicted molar refractivity (Wildman–Crippen MR) is 72.9 cm³/mol. The number of anilines is 3. The van der Waals surface area contributed by atoms with Gasteiger partial charge in [0.25, 0.3) is 0 Å². The van der Waals surface area contributed by atoms with E-state index in [1.54, 1.807) is 0 Å². The standard InChI is InChI=1S/C5H13BO6.C3H6N6/c7-1-5(2-8,3-9)4-12-6(10)11;4-1-7-2(5)9-3(6)8-1/h7-11H,1-4H2;(H6,4,5,6,7,8,9). The summed E-state index contributed by atoms with van der Waals surface area (Å²) in [4.78, 5) is 10.5. The fraction of sp³-hybridized carbons (Fsp3) is 0.625. The van der Waals surface area contributed by atoms with Gasteiger partial charge in [0.2, 0.25) is 17.8 Å². The average molecular weight is 306 g/mol. The van der Waals surface area contributed by atoms with Crippen LogP contribution >= 0.6 is 0 Å². The van der Waals surface area contributed by atoms with Gasteiger partial charge < -0.3 is 47.2 Å². The molecule has 1 rings (SSSR count). The van der Waals surface area contributed by atoms with Crippen LogP contribution in [0.5, 0.6) is 0 Å². The van der Waals surface area contributed by atoms with E-state index in [0.29, 0.717) is 0 Å². The molecule has 0 saturated heterocycles. The molecule has 0 spiro atoms. The van der Waals surface area contributed by atoms with Gasteiger partial charge in [-0.1, -0.05) is 0 Å². The molecule has 0 aliphatic rings. The van der Waals surface area contributed by atoms with E-state index in [-0.39, 0.29) is 24.5 Å². The highest BCUT2D eigenvalue weighted by molar-refractivity contribution is 6.32. The quantitative estimate of drug-likeness (QED) is 0.233. The van der Waals surface area contributed by atoms with Gasteiger partial charge in [-0.3, -0.25) is 0 Å². The molecule has 0 fully saturated rings. The summed E-state index contributed by atoms with van der Waals surface area (Å²) in [6, 6.07) is 0. The van der Waals surface area contributed by atoms with E-state index < -0.39 is 32.6 Å². The number of aromatic nitrogens is 3. The third kappa shape index (κ3) is 7.55. The predicted octanol–water partition coefficient (Wildman–Crippen LogP) is -4.45. The van der Waals surface area contributed by atoms with Crippen LogP contribution in [0.4, 0.5) is 17.8 Å². The van der Waals surface area contributed by atoms with Crippen LogP contribution in [0.2, 0.25) is 0 Å². The molecule has 1 aromatic heterocycles. The lowest BCUT2D eigenvalue weighted by Crippen LogP contribution is -2.40. The molecule has 120 valence electrons. The van der Waals surface area contributed by atoms with Gasteiger partial charge in [0.15, 0.2) is 0 Å². The minimum atomic E-state index is -1.96. The first kappa shape index (κ1) is 19.2. The first-order chi connectivity index (χ1) is 9.78. The van der Waals surface area contributed by atoms with Crippen LogP contribution in [0.1, 0.15) is 0 Å². The van der Waals surface area contributed by atoms with E-state index in [4.69, 9.17) is 42.6 Å². The second-order valence-electron chi connectivity index (χ2n) is 4.02. The summed E-state index contributed by atoms with van der Waals surface area (Å²) < 4.78 is 4.31. The Balaban J connectivity index is 0.000000394. The molecule has 0 saturated carbocycles. The van der Waals surface area contributed by atoms with Gasteiger partial charge >= 0.3 is 7.32 Å². The smallest absolute Gasteiger partial charge is 0.402 e. The highest BCUT2D eigenvalue weighted by Crippen LogP contribution is 2.14. The van der Waals surface area contributed by atoms with Gasteiger partial charge in [0, 0.05) is 6.61 Å². The molecular weight excluding hydrogens is 287 g/mol. The van der Waals surface area contributed by atoms with Crippen LogP contribution in [0, 0.1) is 5.41 Å². The summed E-state index contributed by atoms with van der Waals surface area (Å²) in [7, 11) is -1.96. The van der Waals surface area contributed by atoms with Gasteiger partial charge in [-0.05, 0) is 0 Å². The molecule has 1 heterocycles. The molecule has 0 aromatic carbocycles. The lowest BCUT2D eigenvalue weighted by Gasteiger charge is -2.26. The largest absolute Gasteiger partial charge is 0.633 e. The zero-order valence-electron chi connectivity index (χ0n) is 11.1. The molecule has 0 unspecified atom stereocenters. The van der Waals surface area contributed by atoms with Crippen LogP contribution in [-0.4, -0.2) is 74.1 Å². The molecule has 0 radical (unpaired) electrons. The van der Waals surface area contributed by atoms with Crippen LogP contribution in [0.15, 0.2) is 0 Å². The molecule has 0 bridgehead atoms. The number of aliphatic hydroxyl groups is 3. The first-order valence-electron chi connectivity index (χ1n) is 5.61. The van der Waals surface area contributed by atoms with Crippen molar-refractivity contribution in [2.75, 3.05) is 43.6 Å². The van der Waals surface area contributed by atoms with Crippen molar-refractivity contribution in [3.8, 4) is 0 Å². The summed E-state index contributed by atoms with van der Waals surface area (Å²) in [6.07, 6.45) is 0. The van der Waals surface area contributed by atoms with Gasteiger partial charge in [0.05, 0.1) is 25.2 Å². The molecule has 12 nitrogen and oxygen atoms in total. The number of nitrogens with zero attached hydrogens (tertiary/aromatic N) is 3. The van der Waals surface area contributed by atoms with Crippen molar-refractivity contribution in [2.45, 2.75) is 0 Å². The minimum absolute atomic E-state index is 0.0417. The van der Waals surface area contributed by atoms with E-state index in [1.165, 1.54) is 0 Å². The lowest BCUT2D eigenvalue weighted by atomic mass is 9.92. The van der Waals surface area contributed by atoms with E-state index in [1.807, 2.05) is 0 Å². The normalized spacial score (nSPS) is 10.7. The van der Waals surface area contributed by atoms with Gasteiger partial charge in [0.1, 0.15) is 0 Å². The zero-order chi connectivity index (χ0) is 16.5. The SMILES string of the molecule is Nc1nc(N)nc(N)n1.OCC(CO)(CO)COB(O)O. The monoisotopic (exact) mass is 306 g/mol. The van der Waals surface area contributed by atoms with E-state index >= 15 is 0 Å². The number of nitrogens with two attached hydrogens (primary N) is 3. The number of nitrogen functional groups attached to an aromatic ring is 3. The second-order valence-corrected chi connectivity index (χ2v) is 4.02. The zero-order valence-corrected chi connectivity index (χ0v) is 11.1. The Kier molecular flexibility index (Phi) is 8.45. The third-order valence-electron chi connectivity index (χ3n) is 2.23. The van der Waals surface area contributed by atoms with Gasteiger partial charge in [-0.15, -0.1) is 0 Å². The molecule has 0 aliphatic heterocycles. The molecule has 0 amide bonds. The molecule has 13 heteroatoms. The maximum absolute atomic E-state index is 8.73. The Morgan fingerprint density at radius 2 is 1.19 bits per heavy atom. The maximum Gasteiger partial charge on any atom is 0.633 e. The number of hydrogen-bond acceptors (Lipinski definition) is 12. The van der Waals surface area contributed by atoms with Crippen LogP contribution < -0.4 is 17.2 Å². The lowest BCUT2D eigenvalue weighted by molar-refractivity contribution is -0.0358. The molecule has 11 N–H and O–H groups in total. The highest BCUT2D eigenvalue weighted by atomic mass is 16.6. The molecule has 1 aromatic rings. The first-order valence-corrected chi connectivity index (χ1v) is 5.61. The summed E-state index contributed by atoms with van der Waals surface area (Å²) in [6.45, 7) is -1.81. The summed E-state index contributed by atoms with van der Waals surface area (Å²) >= 11 is 0. The molecule has 0 aliphatic carbocycles. The second kappa shape index (κ2) is 9.22. The topological polar surface area (TPSA) is 227 Å². The molecule has 0 atom stereocenters. The van der Waals surface area contributed by atoms with Crippen molar-refractivity contribution in [3.05, 3.63) is 0 Å². The van der Waals surface area contributed by atoms with Crippen molar-refractivity contribution in [3.63, 3.8) is 0 Å². The third-order valence-corrected chi connectivity index (χ3v) is 2.23. The maximum atomic E-state index is 8.73. The molecule has 21 heavy (non-hydrogen) atoms.